The Bertz CT molecular complexity index is 956. The normalized spacial score (nSPS) is 14.5. The number of H-pyrrole nitrogens is 2. The van der Waals surface area contributed by atoms with Crippen molar-refractivity contribution < 1.29 is 0 Å². The Balaban J connectivity index is 1.59. The molecular formula is C20H22N4O. The molecule has 0 atom stereocenters. The maximum Gasteiger partial charge on any atom is 0.255 e. The second-order valence-corrected chi connectivity index (χ2v) is 6.78. The minimum absolute atomic E-state index is 0.0204. The van der Waals surface area contributed by atoms with Crippen molar-refractivity contribution in [3.63, 3.8) is 0 Å². The van der Waals surface area contributed by atoms with Crippen LogP contribution in [-0.4, -0.2) is 26.4 Å². The van der Waals surface area contributed by atoms with Crippen molar-refractivity contribution in [1.82, 2.24) is 19.9 Å². The van der Waals surface area contributed by atoms with Crippen molar-refractivity contribution in [2.45, 2.75) is 33.4 Å². The first kappa shape index (κ1) is 15.8. The zero-order chi connectivity index (χ0) is 17.4. The molecule has 1 aromatic carbocycles. The second kappa shape index (κ2) is 6.33. The molecule has 2 N–H and O–H groups in total. The van der Waals surface area contributed by atoms with Crippen molar-refractivity contribution in [3.8, 4) is 11.4 Å². The molecule has 3 heterocycles. The molecular weight excluding hydrogens is 312 g/mol. The Morgan fingerprint density at radius 1 is 1.16 bits per heavy atom. The average molecular weight is 334 g/mol. The van der Waals surface area contributed by atoms with Gasteiger partial charge in [-0.15, -0.1) is 0 Å². The first-order chi connectivity index (χ1) is 12.1. The van der Waals surface area contributed by atoms with E-state index in [9.17, 15) is 4.79 Å². The smallest absolute Gasteiger partial charge is 0.255 e. The second-order valence-electron chi connectivity index (χ2n) is 6.78. The van der Waals surface area contributed by atoms with Gasteiger partial charge in [0.2, 0.25) is 0 Å². The highest BCUT2D eigenvalue weighted by atomic mass is 16.1. The van der Waals surface area contributed by atoms with E-state index in [0.717, 1.165) is 36.3 Å². The van der Waals surface area contributed by atoms with E-state index in [2.05, 4.69) is 34.8 Å². The average Bonchev–Trinajstić information content (AvgIpc) is 2.93. The summed E-state index contributed by atoms with van der Waals surface area (Å²) >= 11 is 0. The summed E-state index contributed by atoms with van der Waals surface area (Å²) in [5, 5.41) is 0. The van der Waals surface area contributed by atoms with Crippen LogP contribution in [0.1, 0.15) is 28.2 Å². The fraction of sp³-hybridized carbons (Fsp3) is 0.300. The van der Waals surface area contributed by atoms with Gasteiger partial charge in [-0.05, 0) is 25.5 Å². The summed E-state index contributed by atoms with van der Waals surface area (Å²) in [7, 11) is 0. The number of aromatic amines is 2. The van der Waals surface area contributed by atoms with Gasteiger partial charge < -0.3 is 9.97 Å². The van der Waals surface area contributed by atoms with Crippen molar-refractivity contribution in [3.05, 3.63) is 75.0 Å². The molecule has 0 radical (unpaired) electrons. The lowest BCUT2D eigenvalue weighted by Gasteiger charge is -2.27. The predicted octanol–water partition coefficient (Wildman–Crippen LogP) is 2.94. The lowest BCUT2D eigenvalue weighted by molar-refractivity contribution is 0.239. The van der Waals surface area contributed by atoms with Gasteiger partial charge >= 0.3 is 0 Å². The molecule has 0 spiro atoms. The van der Waals surface area contributed by atoms with E-state index >= 15 is 0 Å². The minimum Gasteiger partial charge on any atom is -0.361 e. The van der Waals surface area contributed by atoms with Gasteiger partial charge in [0.15, 0.2) is 0 Å². The molecule has 25 heavy (non-hydrogen) atoms. The van der Waals surface area contributed by atoms with E-state index in [1.807, 2.05) is 30.3 Å². The van der Waals surface area contributed by atoms with Crippen LogP contribution < -0.4 is 5.56 Å². The lowest BCUT2D eigenvalue weighted by atomic mass is 10.1. The highest BCUT2D eigenvalue weighted by Crippen LogP contribution is 2.20. The molecule has 0 unspecified atom stereocenters. The first-order valence-corrected chi connectivity index (χ1v) is 8.65. The molecule has 0 amide bonds. The summed E-state index contributed by atoms with van der Waals surface area (Å²) < 4.78 is 0. The van der Waals surface area contributed by atoms with Crippen molar-refractivity contribution in [1.29, 1.82) is 0 Å². The number of rotatable bonds is 3. The van der Waals surface area contributed by atoms with Crippen LogP contribution in [0.2, 0.25) is 0 Å². The third-order valence-electron chi connectivity index (χ3n) is 4.83. The van der Waals surface area contributed by atoms with E-state index < -0.39 is 0 Å². The molecule has 1 aliphatic rings. The molecule has 1 aliphatic heterocycles. The third kappa shape index (κ3) is 3.15. The monoisotopic (exact) mass is 334 g/mol. The quantitative estimate of drug-likeness (QED) is 0.774. The molecule has 0 saturated carbocycles. The maximum atomic E-state index is 12.6. The van der Waals surface area contributed by atoms with Gasteiger partial charge in [0, 0.05) is 43.0 Å². The zero-order valence-electron chi connectivity index (χ0n) is 14.6. The van der Waals surface area contributed by atoms with Crippen molar-refractivity contribution >= 4 is 0 Å². The van der Waals surface area contributed by atoms with Gasteiger partial charge in [0.05, 0.1) is 11.3 Å². The van der Waals surface area contributed by atoms with Crippen LogP contribution in [-0.2, 0) is 19.5 Å². The third-order valence-corrected chi connectivity index (χ3v) is 4.83. The van der Waals surface area contributed by atoms with E-state index in [1.165, 1.54) is 17.0 Å². The lowest BCUT2D eigenvalue weighted by Crippen LogP contribution is -2.35. The molecule has 5 nitrogen and oxygen atoms in total. The predicted molar refractivity (Wildman–Crippen MR) is 98.4 cm³/mol. The minimum atomic E-state index is -0.0204. The maximum absolute atomic E-state index is 12.6. The molecule has 0 bridgehead atoms. The van der Waals surface area contributed by atoms with Crippen LogP contribution in [0.25, 0.3) is 11.4 Å². The number of aromatic nitrogens is 3. The molecule has 3 aromatic rings. The van der Waals surface area contributed by atoms with Crippen molar-refractivity contribution in [2.75, 3.05) is 6.54 Å². The molecule has 0 aliphatic carbocycles. The van der Waals surface area contributed by atoms with Crippen LogP contribution in [0, 0.1) is 13.8 Å². The number of aryl methyl sites for hydroxylation is 2. The van der Waals surface area contributed by atoms with E-state index in [4.69, 9.17) is 4.98 Å². The Hall–Kier alpha value is -2.66. The number of hydrogen-bond acceptors (Lipinski definition) is 3. The molecule has 5 heteroatoms. The summed E-state index contributed by atoms with van der Waals surface area (Å²) in [4.78, 5) is 26.0. The molecule has 2 aromatic heterocycles. The van der Waals surface area contributed by atoms with E-state index in [0.29, 0.717) is 12.4 Å². The van der Waals surface area contributed by atoms with Crippen LogP contribution in [0.4, 0.5) is 0 Å². The first-order valence-electron chi connectivity index (χ1n) is 8.65. The number of hydrogen-bond donors (Lipinski definition) is 2. The van der Waals surface area contributed by atoms with E-state index in [1.54, 1.807) is 0 Å². The Morgan fingerprint density at radius 3 is 2.68 bits per heavy atom. The summed E-state index contributed by atoms with van der Waals surface area (Å²) in [6, 6.07) is 12.0. The van der Waals surface area contributed by atoms with Crippen LogP contribution in [0.3, 0.4) is 0 Å². The Morgan fingerprint density at radius 2 is 1.96 bits per heavy atom. The van der Waals surface area contributed by atoms with Gasteiger partial charge in [0.25, 0.3) is 5.56 Å². The van der Waals surface area contributed by atoms with Crippen LogP contribution in [0.15, 0.2) is 41.2 Å². The van der Waals surface area contributed by atoms with Gasteiger partial charge in [0.1, 0.15) is 5.82 Å². The van der Waals surface area contributed by atoms with Crippen molar-refractivity contribution in [2.24, 2.45) is 0 Å². The fourth-order valence-electron chi connectivity index (χ4n) is 3.52. The highest BCUT2D eigenvalue weighted by molar-refractivity contribution is 5.54. The van der Waals surface area contributed by atoms with Gasteiger partial charge in [-0.2, -0.15) is 0 Å². The summed E-state index contributed by atoms with van der Waals surface area (Å²) in [5.74, 6) is 0.661. The van der Waals surface area contributed by atoms with E-state index in [-0.39, 0.29) is 5.56 Å². The van der Waals surface area contributed by atoms with Crippen LogP contribution in [0.5, 0.6) is 0 Å². The van der Waals surface area contributed by atoms with Gasteiger partial charge in [-0.1, -0.05) is 30.3 Å². The number of fused-ring (bicyclic) bond motifs is 1. The van der Waals surface area contributed by atoms with Crippen LogP contribution >= 0.6 is 0 Å². The Kier molecular flexibility index (Phi) is 4.01. The summed E-state index contributed by atoms with van der Waals surface area (Å²) in [6.07, 6.45) is 0.803. The number of benzene rings is 1. The molecule has 0 fully saturated rings. The summed E-state index contributed by atoms with van der Waals surface area (Å²) in [6.45, 7) is 6.58. The standard InChI is InChI=1S/C20H22N4O/c1-13-10-14(2)21-18(13)12-24-9-8-17-16(11-24)20(25)23-19(22-17)15-6-4-3-5-7-15/h3-7,10,21H,8-9,11-12H2,1-2H3,(H,22,23,25). The number of nitrogens with zero attached hydrogens (tertiary/aromatic N) is 2. The van der Waals surface area contributed by atoms with Gasteiger partial charge in [-0.3, -0.25) is 9.69 Å². The highest BCUT2D eigenvalue weighted by Gasteiger charge is 2.22. The molecule has 0 saturated heterocycles. The Labute approximate surface area is 146 Å². The largest absolute Gasteiger partial charge is 0.361 e. The number of nitrogens with one attached hydrogen (secondary N) is 2. The SMILES string of the molecule is Cc1cc(C)c(CN2CCc3nc(-c4ccccc4)[nH]c(=O)c3C2)[nH]1. The summed E-state index contributed by atoms with van der Waals surface area (Å²) in [5.41, 5.74) is 6.33. The molecule has 4 rings (SSSR count). The molecule has 128 valence electrons. The fourth-order valence-corrected chi connectivity index (χ4v) is 3.52. The topological polar surface area (TPSA) is 64.8 Å². The zero-order valence-corrected chi connectivity index (χ0v) is 14.6. The van der Waals surface area contributed by atoms with Gasteiger partial charge in [-0.25, -0.2) is 4.98 Å².